The standard InChI is InChI=1S/C15H20O/c1-11(2)14-6-3-12(4-7-14)9-13-5-8-15(16)10-13/h3-4,6-7,11,13H,5,8-10H2,1-2H3. The highest BCUT2D eigenvalue weighted by molar-refractivity contribution is 5.80. The fourth-order valence-corrected chi connectivity index (χ4v) is 2.44. The quantitative estimate of drug-likeness (QED) is 0.752. The Morgan fingerprint density at radius 1 is 1.25 bits per heavy atom. The van der Waals surface area contributed by atoms with E-state index in [-0.39, 0.29) is 0 Å². The van der Waals surface area contributed by atoms with E-state index in [0.717, 1.165) is 25.7 Å². The molecule has 86 valence electrons. The van der Waals surface area contributed by atoms with Crippen molar-refractivity contribution in [2.45, 2.75) is 45.4 Å². The van der Waals surface area contributed by atoms with E-state index in [9.17, 15) is 4.79 Å². The topological polar surface area (TPSA) is 17.1 Å². The van der Waals surface area contributed by atoms with Crippen LogP contribution in [-0.2, 0) is 11.2 Å². The normalized spacial score (nSPS) is 20.7. The van der Waals surface area contributed by atoms with Gasteiger partial charge in [0.05, 0.1) is 0 Å². The second kappa shape index (κ2) is 4.82. The first-order valence-corrected chi connectivity index (χ1v) is 6.25. The third-order valence-corrected chi connectivity index (χ3v) is 3.52. The lowest BCUT2D eigenvalue weighted by Crippen LogP contribution is -2.00. The van der Waals surface area contributed by atoms with Gasteiger partial charge in [-0.25, -0.2) is 0 Å². The minimum atomic E-state index is 0.448. The van der Waals surface area contributed by atoms with Gasteiger partial charge >= 0.3 is 0 Å². The molecule has 0 aliphatic heterocycles. The lowest BCUT2D eigenvalue weighted by Gasteiger charge is -2.10. The van der Waals surface area contributed by atoms with Crippen LogP contribution < -0.4 is 0 Å². The molecule has 2 rings (SSSR count). The molecule has 1 heteroatoms. The summed E-state index contributed by atoms with van der Waals surface area (Å²) in [5, 5.41) is 0. The summed E-state index contributed by atoms with van der Waals surface area (Å²) in [6, 6.07) is 8.88. The van der Waals surface area contributed by atoms with Crippen molar-refractivity contribution in [1.82, 2.24) is 0 Å². The van der Waals surface area contributed by atoms with Crippen LogP contribution in [0.5, 0.6) is 0 Å². The van der Waals surface area contributed by atoms with Crippen LogP contribution in [0.25, 0.3) is 0 Å². The van der Waals surface area contributed by atoms with Crippen LogP contribution in [0.15, 0.2) is 24.3 Å². The van der Waals surface area contributed by atoms with Gasteiger partial charge in [0.15, 0.2) is 0 Å². The number of hydrogen-bond donors (Lipinski definition) is 0. The van der Waals surface area contributed by atoms with E-state index in [1.165, 1.54) is 11.1 Å². The summed E-state index contributed by atoms with van der Waals surface area (Å²) in [4.78, 5) is 11.2. The lowest BCUT2D eigenvalue weighted by atomic mass is 9.95. The molecule has 0 bridgehead atoms. The van der Waals surface area contributed by atoms with Crippen molar-refractivity contribution in [3.63, 3.8) is 0 Å². The van der Waals surface area contributed by atoms with Crippen molar-refractivity contribution in [2.24, 2.45) is 5.92 Å². The maximum absolute atomic E-state index is 11.2. The zero-order chi connectivity index (χ0) is 11.5. The summed E-state index contributed by atoms with van der Waals surface area (Å²) in [5.74, 6) is 1.64. The molecular weight excluding hydrogens is 196 g/mol. The molecule has 1 aliphatic rings. The Morgan fingerprint density at radius 3 is 2.44 bits per heavy atom. The first kappa shape index (κ1) is 11.4. The van der Waals surface area contributed by atoms with E-state index in [1.807, 2.05) is 0 Å². The molecule has 1 aliphatic carbocycles. The summed E-state index contributed by atoms with van der Waals surface area (Å²) >= 11 is 0. The van der Waals surface area contributed by atoms with Crippen molar-refractivity contribution >= 4 is 5.78 Å². The molecule has 1 atom stereocenters. The number of ketones is 1. The number of benzene rings is 1. The summed E-state index contributed by atoms with van der Waals surface area (Å²) in [6.45, 7) is 4.43. The van der Waals surface area contributed by atoms with Gasteiger partial charge in [0, 0.05) is 12.8 Å². The third kappa shape index (κ3) is 2.72. The molecular formula is C15H20O. The lowest BCUT2D eigenvalue weighted by molar-refractivity contribution is -0.117. The molecule has 0 aromatic heterocycles. The van der Waals surface area contributed by atoms with Gasteiger partial charge in [0.1, 0.15) is 5.78 Å². The summed E-state index contributed by atoms with van der Waals surface area (Å²) in [5.41, 5.74) is 2.77. The molecule has 0 heterocycles. The first-order valence-electron chi connectivity index (χ1n) is 6.25. The number of Topliss-reactive ketones (excluding diaryl/α,β-unsaturated/α-hetero) is 1. The van der Waals surface area contributed by atoms with Crippen LogP contribution >= 0.6 is 0 Å². The second-order valence-corrected chi connectivity index (χ2v) is 5.25. The SMILES string of the molecule is CC(C)c1ccc(CC2CCC(=O)C2)cc1. The Morgan fingerprint density at radius 2 is 1.94 bits per heavy atom. The van der Waals surface area contributed by atoms with Crippen LogP contribution in [0.4, 0.5) is 0 Å². The zero-order valence-electron chi connectivity index (χ0n) is 10.2. The average Bonchev–Trinajstić information content (AvgIpc) is 2.65. The fourth-order valence-electron chi connectivity index (χ4n) is 2.44. The summed E-state index contributed by atoms with van der Waals surface area (Å²) in [6.07, 6.45) is 3.76. The van der Waals surface area contributed by atoms with Crippen LogP contribution in [0, 0.1) is 5.92 Å². The molecule has 0 saturated heterocycles. The Hall–Kier alpha value is -1.11. The van der Waals surface area contributed by atoms with Crippen molar-refractivity contribution < 1.29 is 4.79 Å². The second-order valence-electron chi connectivity index (χ2n) is 5.25. The predicted octanol–water partition coefficient (Wildman–Crippen LogP) is 3.72. The van der Waals surface area contributed by atoms with Gasteiger partial charge in [0.25, 0.3) is 0 Å². The van der Waals surface area contributed by atoms with Crippen molar-refractivity contribution in [1.29, 1.82) is 0 Å². The highest BCUT2D eigenvalue weighted by atomic mass is 16.1. The maximum Gasteiger partial charge on any atom is 0.133 e. The van der Waals surface area contributed by atoms with Gasteiger partial charge in [0.2, 0.25) is 0 Å². The number of hydrogen-bond acceptors (Lipinski definition) is 1. The number of carbonyl (C=O) groups is 1. The van der Waals surface area contributed by atoms with E-state index in [2.05, 4.69) is 38.1 Å². The van der Waals surface area contributed by atoms with Gasteiger partial charge in [-0.05, 0) is 35.8 Å². The molecule has 1 aromatic carbocycles. The molecule has 0 radical (unpaired) electrons. The average molecular weight is 216 g/mol. The third-order valence-electron chi connectivity index (χ3n) is 3.52. The highest BCUT2D eigenvalue weighted by Gasteiger charge is 2.21. The monoisotopic (exact) mass is 216 g/mol. The molecule has 16 heavy (non-hydrogen) atoms. The van der Waals surface area contributed by atoms with Crippen LogP contribution in [-0.4, -0.2) is 5.78 Å². The molecule has 1 fully saturated rings. The predicted molar refractivity (Wildman–Crippen MR) is 66.6 cm³/mol. The summed E-state index contributed by atoms with van der Waals surface area (Å²) in [7, 11) is 0. The van der Waals surface area contributed by atoms with Crippen molar-refractivity contribution in [3.8, 4) is 0 Å². The largest absolute Gasteiger partial charge is 0.300 e. The molecule has 0 N–H and O–H groups in total. The van der Waals surface area contributed by atoms with E-state index in [4.69, 9.17) is 0 Å². The first-order chi connectivity index (χ1) is 7.65. The maximum atomic E-state index is 11.2. The van der Waals surface area contributed by atoms with E-state index < -0.39 is 0 Å². The van der Waals surface area contributed by atoms with Gasteiger partial charge in [-0.1, -0.05) is 38.1 Å². The molecule has 1 aromatic rings. The van der Waals surface area contributed by atoms with Crippen molar-refractivity contribution in [2.75, 3.05) is 0 Å². The molecule has 1 unspecified atom stereocenters. The highest BCUT2D eigenvalue weighted by Crippen LogP contribution is 2.26. The van der Waals surface area contributed by atoms with Crippen LogP contribution in [0.1, 0.15) is 50.2 Å². The molecule has 1 saturated carbocycles. The smallest absolute Gasteiger partial charge is 0.133 e. The fraction of sp³-hybridized carbons (Fsp3) is 0.533. The Balaban J connectivity index is 1.97. The van der Waals surface area contributed by atoms with Crippen molar-refractivity contribution in [3.05, 3.63) is 35.4 Å². The Bertz CT molecular complexity index is 362. The summed E-state index contributed by atoms with van der Waals surface area (Å²) < 4.78 is 0. The minimum Gasteiger partial charge on any atom is -0.300 e. The van der Waals surface area contributed by atoms with Gasteiger partial charge in [-0.15, -0.1) is 0 Å². The molecule has 0 spiro atoms. The Kier molecular flexibility index (Phi) is 3.42. The van der Waals surface area contributed by atoms with Gasteiger partial charge in [-0.3, -0.25) is 4.79 Å². The van der Waals surface area contributed by atoms with Gasteiger partial charge in [-0.2, -0.15) is 0 Å². The number of carbonyl (C=O) groups excluding carboxylic acids is 1. The van der Waals surface area contributed by atoms with E-state index in [0.29, 0.717) is 17.6 Å². The molecule has 0 amide bonds. The van der Waals surface area contributed by atoms with Crippen LogP contribution in [0.3, 0.4) is 0 Å². The zero-order valence-corrected chi connectivity index (χ0v) is 10.2. The Labute approximate surface area is 97.9 Å². The van der Waals surface area contributed by atoms with E-state index >= 15 is 0 Å². The minimum absolute atomic E-state index is 0.448. The number of rotatable bonds is 3. The molecule has 1 nitrogen and oxygen atoms in total. The van der Waals surface area contributed by atoms with Crippen LogP contribution in [0.2, 0.25) is 0 Å². The van der Waals surface area contributed by atoms with Gasteiger partial charge < -0.3 is 0 Å². The van der Waals surface area contributed by atoms with E-state index in [1.54, 1.807) is 0 Å².